The molecule has 1 aromatic heterocycles. The van der Waals surface area contributed by atoms with E-state index < -0.39 is 0 Å². The van der Waals surface area contributed by atoms with Gasteiger partial charge in [-0.05, 0) is 42.9 Å². The second-order valence-electron chi connectivity index (χ2n) is 6.81. The zero-order valence-corrected chi connectivity index (χ0v) is 15.5. The van der Waals surface area contributed by atoms with Gasteiger partial charge in [0.25, 0.3) is 11.5 Å². The van der Waals surface area contributed by atoms with Crippen molar-refractivity contribution in [1.29, 1.82) is 0 Å². The molecule has 0 aliphatic carbocycles. The van der Waals surface area contributed by atoms with Crippen molar-refractivity contribution in [2.45, 2.75) is 53.1 Å². The van der Waals surface area contributed by atoms with Crippen LogP contribution in [-0.4, -0.2) is 15.7 Å². The number of hydrogen-bond donors (Lipinski definition) is 1. The predicted octanol–water partition coefficient (Wildman–Crippen LogP) is 3.34. The van der Waals surface area contributed by atoms with Crippen molar-refractivity contribution in [3.63, 3.8) is 0 Å². The number of hydrogen-bond acceptors (Lipinski definition) is 3. The summed E-state index contributed by atoms with van der Waals surface area (Å²) in [6.07, 6.45) is 1.83. The van der Waals surface area contributed by atoms with Gasteiger partial charge in [-0.2, -0.15) is 5.10 Å². The summed E-state index contributed by atoms with van der Waals surface area (Å²) >= 11 is 0. The summed E-state index contributed by atoms with van der Waals surface area (Å²) in [7, 11) is 0. The second kappa shape index (κ2) is 8.60. The minimum Gasteiger partial charge on any atom is -0.344 e. The van der Waals surface area contributed by atoms with Crippen LogP contribution in [0.2, 0.25) is 0 Å². The fourth-order valence-corrected chi connectivity index (χ4v) is 2.71. The summed E-state index contributed by atoms with van der Waals surface area (Å²) in [4.78, 5) is 24.1. The Labute approximate surface area is 149 Å². The molecule has 1 aromatic carbocycles. The third-order valence-corrected chi connectivity index (χ3v) is 4.01. The molecular weight excluding hydrogens is 314 g/mol. The van der Waals surface area contributed by atoms with Crippen LogP contribution in [0, 0.1) is 5.92 Å². The van der Waals surface area contributed by atoms with Crippen LogP contribution in [0.4, 0.5) is 0 Å². The van der Waals surface area contributed by atoms with Crippen molar-refractivity contribution in [3.05, 3.63) is 63.6 Å². The summed E-state index contributed by atoms with van der Waals surface area (Å²) < 4.78 is 1.33. The molecule has 0 aliphatic rings. The van der Waals surface area contributed by atoms with Crippen LogP contribution in [0.5, 0.6) is 0 Å². The lowest BCUT2D eigenvalue weighted by Gasteiger charge is -2.15. The first-order valence-corrected chi connectivity index (χ1v) is 8.88. The largest absolute Gasteiger partial charge is 0.344 e. The Hall–Kier alpha value is -2.43. The first-order valence-electron chi connectivity index (χ1n) is 8.88. The van der Waals surface area contributed by atoms with Crippen LogP contribution >= 0.6 is 0 Å². The lowest BCUT2D eigenvalue weighted by Crippen LogP contribution is -2.31. The third-order valence-electron chi connectivity index (χ3n) is 4.01. The highest BCUT2D eigenvalue weighted by molar-refractivity contribution is 5.92. The van der Waals surface area contributed by atoms with Gasteiger partial charge < -0.3 is 5.32 Å². The van der Waals surface area contributed by atoms with Gasteiger partial charge in [0, 0.05) is 12.6 Å². The summed E-state index contributed by atoms with van der Waals surface area (Å²) in [6.45, 7) is 8.81. The monoisotopic (exact) mass is 341 g/mol. The number of nitrogens with one attached hydrogen (secondary N) is 1. The molecule has 0 radical (unpaired) electrons. The van der Waals surface area contributed by atoms with Gasteiger partial charge >= 0.3 is 0 Å². The van der Waals surface area contributed by atoms with Crippen molar-refractivity contribution in [1.82, 2.24) is 15.1 Å². The fourth-order valence-electron chi connectivity index (χ4n) is 2.71. The van der Waals surface area contributed by atoms with E-state index in [1.54, 1.807) is 0 Å². The molecule has 0 bridgehead atoms. The van der Waals surface area contributed by atoms with Crippen molar-refractivity contribution >= 4 is 5.91 Å². The maximum absolute atomic E-state index is 12.4. The smallest absolute Gasteiger partial charge is 0.272 e. The molecule has 2 rings (SSSR count). The van der Waals surface area contributed by atoms with E-state index >= 15 is 0 Å². The standard InChI is InChI=1S/C20H27N3O2/c1-5-12-23-19(24)11-10-18(22-23)20(25)21-15(4)17-8-6-16(7-9-17)13-14(2)3/h6-11,14-15H,5,12-13H2,1-4H3,(H,21,25). The molecule has 2 aromatic rings. The molecule has 0 fully saturated rings. The number of benzene rings is 1. The molecule has 0 saturated heterocycles. The van der Waals surface area contributed by atoms with E-state index in [-0.39, 0.29) is 23.2 Å². The maximum Gasteiger partial charge on any atom is 0.272 e. The molecule has 5 nitrogen and oxygen atoms in total. The number of aromatic nitrogens is 2. The quantitative estimate of drug-likeness (QED) is 0.840. The number of carbonyl (C=O) groups excluding carboxylic acids is 1. The van der Waals surface area contributed by atoms with Gasteiger partial charge in [-0.15, -0.1) is 0 Å². The highest BCUT2D eigenvalue weighted by atomic mass is 16.2. The highest BCUT2D eigenvalue weighted by Crippen LogP contribution is 2.16. The topological polar surface area (TPSA) is 64.0 Å². The molecule has 1 atom stereocenters. The number of carbonyl (C=O) groups is 1. The van der Waals surface area contributed by atoms with E-state index in [2.05, 4.69) is 36.4 Å². The first-order chi connectivity index (χ1) is 11.9. The van der Waals surface area contributed by atoms with Gasteiger partial charge in [-0.1, -0.05) is 45.0 Å². The molecule has 0 spiro atoms. The number of amides is 1. The van der Waals surface area contributed by atoms with Crippen molar-refractivity contribution in [2.75, 3.05) is 0 Å². The van der Waals surface area contributed by atoms with Crippen LogP contribution in [0.1, 0.15) is 61.8 Å². The van der Waals surface area contributed by atoms with E-state index in [9.17, 15) is 9.59 Å². The highest BCUT2D eigenvalue weighted by Gasteiger charge is 2.14. The van der Waals surface area contributed by atoms with Gasteiger partial charge in [-0.3, -0.25) is 9.59 Å². The van der Waals surface area contributed by atoms with Crippen LogP contribution < -0.4 is 10.9 Å². The lowest BCUT2D eigenvalue weighted by atomic mass is 10.00. The van der Waals surface area contributed by atoms with Gasteiger partial charge in [0.15, 0.2) is 0 Å². The Morgan fingerprint density at radius 1 is 1.12 bits per heavy atom. The van der Waals surface area contributed by atoms with Gasteiger partial charge in [0.1, 0.15) is 5.69 Å². The lowest BCUT2D eigenvalue weighted by molar-refractivity contribution is 0.0932. The van der Waals surface area contributed by atoms with Crippen LogP contribution in [0.25, 0.3) is 0 Å². The zero-order valence-electron chi connectivity index (χ0n) is 15.5. The molecule has 5 heteroatoms. The molecular formula is C20H27N3O2. The van der Waals surface area contributed by atoms with E-state index in [0.717, 1.165) is 18.4 Å². The molecule has 25 heavy (non-hydrogen) atoms. The minimum atomic E-state index is -0.274. The molecule has 1 heterocycles. The average molecular weight is 341 g/mol. The maximum atomic E-state index is 12.4. The molecule has 1 N–H and O–H groups in total. The third kappa shape index (κ3) is 5.28. The van der Waals surface area contributed by atoms with E-state index in [1.807, 2.05) is 26.0 Å². The van der Waals surface area contributed by atoms with Crippen molar-refractivity contribution in [2.24, 2.45) is 5.92 Å². The van der Waals surface area contributed by atoms with Crippen LogP contribution in [0.3, 0.4) is 0 Å². The molecule has 0 saturated carbocycles. The number of rotatable bonds is 7. The minimum absolute atomic E-state index is 0.131. The molecule has 1 unspecified atom stereocenters. The zero-order chi connectivity index (χ0) is 18.4. The SMILES string of the molecule is CCCn1nc(C(=O)NC(C)c2ccc(CC(C)C)cc2)ccc1=O. The Morgan fingerprint density at radius 2 is 1.80 bits per heavy atom. The Bertz CT molecular complexity index is 763. The summed E-state index contributed by atoms with van der Waals surface area (Å²) in [5.74, 6) is 0.344. The number of aryl methyl sites for hydroxylation is 1. The van der Waals surface area contributed by atoms with E-state index in [4.69, 9.17) is 0 Å². The summed E-state index contributed by atoms with van der Waals surface area (Å²) in [5, 5.41) is 7.09. The second-order valence-corrected chi connectivity index (χ2v) is 6.81. The van der Waals surface area contributed by atoms with Gasteiger partial charge in [-0.25, -0.2) is 4.68 Å². The van der Waals surface area contributed by atoms with Crippen LogP contribution in [-0.2, 0) is 13.0 Å². The molecule has 0 aliphatic heterocycles. The average Bonchev–Trinajstić information content (AvgIpc) is 2.57. The van der Waals surface area contributed by atoms with E-state index in [0.29, 0.717) is 12.5 Å². The molecule has 134 valence electrons. The fraction of sp³-hybridized carbons (Fsp3) is 0.450. The predicted molar refractivity (Wildman–Crippen MR) is 99.7 cm³/mol. The van der Waals surface area contributed by atoms with Gasteiger partial charge in [0.05, 0.1) is 6.04 Å². The summed E-state index contributed by atoms with van der Waals surface area (Å²) in [6, 6.07) is 11.1. The van der Waals surface area contributed by atoms with Crippen LogP contribution in [0.15, 0.2) is 41.2 Å². The summed E-state index contributed by atoms with van der Waals surface area (Å²) in [5.41, 5.74) is 2.41. The first kappa shape index (κ1) is 18.9. The van der Waals surface area contributed by atoms with E-state index in [1.165, 1.54) is 22.4 Å². The Kier molecular flexibility index (Phi) is 6.51. The van der Waals surface area contributed by atoms with Crippen molar-refractivity contribution < 1.29 is 4.79 Å². The Morgan fingerprint density at radius 3 is 2.40 bits per heavy atom. The van der Waals surface area contributed by atoms with Gasteiger partial charge in [0.2, 0.25) is 0 Å². The normalized spacial score (nSPS) is 12.2. The Balaban J connectivity index is 2.07. The number of nitrogens with zero attached hydrogens (tertiary/aromatic N) is 2. The molecule has 1 amide bonds. The van der Waals surface area contributed by atoms with Crippen molar-refractivity contribution in [3.8, 4) is 0 Å².